The average molecular weight is 300 g/mol. The van der Waals surface area contributed by atoms with Crippen LogP contribution in [0.2, 0.25) is 0 Å². The van der Waals surface area contributed by atoms with Crippen molar-refractivity contribution in [2.24, 2.45) is 0 Å². The van der Waals surface area contributed by atoms with Crippen LogP contribution in [0.3, 0.4) is 0 Å². The van der Waals surface area contributed by atoms with Crippen LogP contribution in [0.4, 0.5) is 0 Å². The van der Waals surface area contributed by atoms with Gasteiger partial charge in [-0.1, -0.05) is 31.2 Å². The lowest BCUT2D eigenvalue weighted by atomic mass is 10.0. The van der Waals surface area contributed by atoms with E-state index in [0.717, 1.165) is 17.7 Å². The Labute approximate surface area is 129 Å². The Morgan fingerprint density at radius 3 is 2.64 bits per heavy atom. The van der Waals surface area contributed by atoms with E-state index in [4.69, 9.17) is 4.74 Å². The van der Waals surface area contributed by atoms with Crippen molar-refractivity contribution in [3.63, 3.8) is 0 Å². The molecule has 1 amide bonds. The van der Waals surface area contributed by atoms with Crippen LogP contribution < -0.4 is 15.6 Å². The second kappa shape index (κ2) is 7.45. The zero-order valence-electron chi connectivity index (χ0n) is 12.8. The van der Waals surface area contributed by atoms with E-state index in [2.05, 4.69) is 5.32 Å². The number of para-hydroxylation sites is 1. The first-order chi connectivity index (χ1) is 10.7. The fourth-order valence-corrected chi connectivity index (χ4v) is 2.34. The third kappa shape index (κ3) is 3.75. The summed E-state index contributed by atoms with van der Waals surface area (Å²) in [6, 6.07) is 12.3. The summed E-state index contributed by atoms with van der Waals surface area (Å²) in [5, 5.41) is 2.95. The number of hydrogen-bond acceptors (Lipinski definition) is 3. The number of nitrogens with zero attached hydrogens (tertiary/aromatic N) is 1. The summed E-state index contributed by atoms with van der Waals surface area (Å²) in [4.78, 5) is 23.8. The first kappa shape index (κ1) is 15.8. The maximum absolute atomic E-state index is 12.2. The Balaban J connectivity index is 2.12. The number of amides is 1. The highest BCUT2D eigenvalue weighted by molar-refractivity contribution is 5.76. The van der Waals surface area contributed by atoms with Gasteiger partial charge >= 0.3 is 0 Å². The summed E-state index contributed by atoms with van der Waals surface area (Å²) < 4.78 is 6.72. The highest BCUT2D eigenvalue weighted by Crippen LogP contribution is 2.26. The summed E-state index contributed by atoms with van der Waals surface area (Å²) in [6.07, 6.45) is 2.34. The molecule has 0 aliphatic carbocycles. The molecule has 0 saturated carbocycles. The summed E-state index contributed by atoms with van der Waals surface area (Å²) >= 11 is 0. The van der Waals surface area contributed by atoms with Gasteiger partial charge in [-0.15, -0.1) is 0 Å². The molecule has 22 heavy (non-hydrogen) atoms. The van der Waals surface area contributed by atoms with E-state index < -0.39 is 0 Å². The molecule has 116 valence electrons. The van der Waals surface area contributed by atoms with E-state index >= 15 is 0 Å². The van der Waals surface area contributed by atoms with Crippen LogP contribution in [0, 0.1) is 0 Å². The van der Waals surface area contributed by atoms with Gasteiger partial charge in [0, 0.05) is 17.8 Å². The van der Waals surface area contributed by atoms with Crippen molar-refractivity contribution in [2.45, 2.75) is 25.9 Å². The number of carbonyl (C=O) groups excluding carboxylic acids is 1. The lowest BCUT2D eigenvalue weighted by Crippen LogP contribution is -2.34. The highest BCUT2D eigenvalue weighted by atomic mass is 16.5. The third-order valence-electron chi connectivity index (χ3n) is 3.47. The number of carbonyl (C=O) groups is 1. The van der Waals surface area contributed by atoms with Gasteiger partial charge < -0.3 is 14.6 Å². The Morgan fingerprint density at radius 1 is 1.23 bits per heavy atom. The molecular formula is C17H20N2O3. The van der Waals surface area contributed by atoms with Gasteiger partial charge in [0.25, 0.3) is 5.56 Å². The predicted molar refractivity (Wildman–Crippen MR) is 84.9 cm³/mol. The molecule has 2 aromatic rings. The Hall–Kier alpha value is -2.56. The normalized spacial score (nSPS) is 11.7. The summed E-state index contributed by atoms with van der Waals surface area (Å²) in [7, 11) is 1.61. The third-order valence-corrected chi connectivity index (χ3v) is 3.47. The van der Waals surface area contributed by atoms with E-state index in [1.54, 1.807) is 25.4 Å². The molecule has 1 aromatic heterocycles. The van der Waals surface area contributed by atoms with Crippen LogP contribution in [0.15, 0.2) is 53.5 Å². The number of aromatic nitrogens is 1. The van der Waals surface area contributed by atoms with E-state index in [-0.39, 0.29) is 24.1 Å². The number of methoxy groups -OCH3 is 1. The number of nitrogens with one attached hydrogen (secondary N) is 1. The van der Waals surface area contributed by atoms with Crippen LogP contribution >= 0.6 is 0 Å². The maximum atomic E-state index is 12.2. The van der Waals surface area contributed by atoms with E-state index in [1.165, 1.54) is 10.6 Å². The van der Waals surface area contributed by atoms with Crippen LogP contribution in [0.25, 0.3) is 0 Å². The monoisotopic (exact) mass is 300 g/mol. The van der Waals surface area contributed by atoms with Gasteiger partial charge in [0.1, 0.15) is 12.3 Å². The predicted octanol–water partition coefficient (Wildman–Crippen LogP) is 2.12. The Morgan fingerprint density at radius 2 is 1.95 bits per heavy atom. The molecule has 0 aliphatic rings. The molecule has 0 aliphatic heterocycles. The van der Waals surface area contributed by atoms with Crippen molar-refractivity contribution in [1.82, 2.24) is 9.88 Å². The quantitative estimate of drug-likeness (QED) is 0.889. The minimum Gasteiger partial charge on any atom is -0.496 e. The summed E-state index contributed by atoms with van der Waals surface area (Å²) in [5.74, 6) is 0.539. The molecule has 0 fully saturated rings. The van der Waals surface area contributed by atoms with Gasteiger partial charge in [-0.3, -0.25) is 9.59 Å². The van der Waals surface area contributed by atoms with Gasteiger partial charge in [0.2, 0.25) is 5.91 Å². The van der Waals surface area contributed by atoms with Crippen molar-refractivity contribution in [3.8, 4) is 5.75 Å². The number of pyridine rings is 1. The smallest absolute Gasteiger partial charge is 0.250 e. The zero-order chi connectivity index (χ0) is 15.9. The molecule has 1 heterocycles. The lowest BCUT2D eigenvalue weighted by molar-refractivity contribution is -0.122. The van der Waals surface area contributed by atoms with Crippen molar-refractivity contribution in [3.05, 3.63) is 64.6 Å². The standard InChI is InChI=1S/C17H20N2O3/c1-3-14(13-8-4-5-9-15(13)22-2)18-16(20)12-19-11-7-6-10-17(19)21/h4-11,14H,3,12H2,1-2H3,(H,18,20)/t14-/m0/s1. The molecular weight excluding hydrogens is 280 g/mol. The molecule has 0 bridgehead atoms. The molecule has 2 rings (SSSR count). The SMILES string of the molecule is CC[C@H](NC(=O)Cn1ccccc1=O)c1ccccc1OC. The van der Waals surface area contributed by atoms with Gasteiger partial charge in [0.15, 0.2) is 0 Å². The minimum absolute atomic E-state index is 0.00528. The molecule has 0 radical (unpaired) electrons. The summed E-state index contributed by atoms with van der Waals surface area (Å²) in [6.45, 7) is 2.00. The van der Waals surface area contributed by atoms with Crippen LogP contribution in [-0.2, 0) is 11.3 Å². The number of rotatable bonds is 6. The molecule has 1 aromatic carbocycles. The lowest BCUT2D eigenvalue weighted by Gasteiger charge is -2.20. The van der Waals surface area contributed by atoms with E-state index in [0.29, 0.717) is 0 Å². The van der Waals surface area contributed by atoms with Crippen molar-refractivity contribution >= 4 is 5.91 Å². The fourth-order valence-electron chi connectivity index (χ4n) is 2.34. The van der Waals surface area contributed by atoms with Crippen molar-refractivity contribution < 1.29 is 9.53 Å². The topological polar surface area (TPSA) is 60.3 Å². The van der Waals surface area contributed by atoms with Crippen molar-refractivity contribution in [1.29, 1.82) is 0 Å². The van der Waals surface area contributed by atoms with Crippen molar-refractivity contribution in [2.75, 3.05) is 7.11 Å². The second-order valence-corrected chi connectivity index (χ2v) is 4.94. The molecule has 1 atom stereocenters. The largest absolute Gasteiger partial charge is 0.496 e. The number of ether oxygens (including phenoxy) is 1. The number of hydrogen-bond donors (Lipinski definition) is 1. The molecule has 0 saturated heterocycles. The van der Waals surface area contributed by atoms with Gasteiger partial charge in [0.05, 0.1) is 13.2 Å². The van der Waals surface area contributed by atoms with Crippen LogP contribution in [-0.4, -0.2) is 17.6 Å². The highest BCUT2D eigenvalue weighted by Gasteiger charge is 2.16. The molecule has 5 heteroatoms. The second-order valence-electron chi connectivity index (χ2n) is 4.94. The van der Waals surface area contributed by atoms with E-state index in [1.807, 2.05) is 31.2 Å². The Kier molecular flexibility index (Phi) is 5.36. The van der Waals surface area contributed by atoms with Crippen LogP contribution in [0.5, 0.6) is 5.75 Å². The average Bonchev–Trinajstić information content (AvgIpc) is 2.55. The van der Waals surface area contributed by atoms with Gasteiger partial charge in [-0.25, -0.2) is 0 Å². The molecule has 0 unspecified atom stereocenters. The first-order valence-electron chi connectivity index (χ1n) is 7.23. The zero-order valence-corrected chi connectivity index (χ0v) is 12.8. The molecule has 5 nitrogen and oxygen atoms in total. The summed E-state index contributed by atoms with van der Waals surface area (Å²) in [5.41, 5.74) is 0.740. The van der Waals surface area contributed by atoms with E-state index in [9.17, 15) is 9.59 Å². The first-order valence-corrected chi connectivity index (χ1v) is 7.23. The van der Waals surface area contributed by atoms with Gasteiger partial charge in [-0.05, 0) is 18.6 Å². The molecule has 0 spiro atoms. The minimum atomic E-state index is -0.203. The number of benzene rings is 1. The molecule has 1 N–H and O–H groups in total. The Bertz CT molecular complexity index is 694. The van der Waals surface area contributed by atoms with Crippen LogP contribution in [0.1, 0.15) is 24.9 Å². The maximum Gasteiger partial charge on any atom is 0.250 e. The van der Waals surface area contributed by atoms with Gasteiger partial charge in [-0.2, -0.15) is 0 Å². The fraction of sp³-hybridized carbons (Fsp3) is 0.294.